The number of benzene rings is 1. The van der Waals surface area contributed by atoms with Gasteiger partial charge in [0.1, 0.15) is 0 Å². The van der Waals surface area contributed by atoms with E-state index in [1.54, 1.807) is 11.3 Å². The molecule has 18 heavy (non-hydrogen) atoms. The molecule has 3 heteroatoms. The summed E-state index contributed by atoms with van der Waals surface area (Å²) >= 11 is 1.61. The molecule has 1 aromatic heterocycles. The predicted molar refractivity (Wildman–Crippen MR) is 80.2 cm³/mol. The van der Waals surface area contributed by atoms with Crippen molar-refractivity contribution < 1.29 is 0 Å². The maximum Gasteiger partial charge on any atom is 0.0804 e. The topological polar surface area (TPSA) is 35.9 Å². The molecule has 0 aliphatic heterocycles. The van der Waals surface area contributed by atoms with Gasteiger partial charge < -0.3 is 5.32 Å². The second-order valence-electron chi connectivity index (χ2n) is 4.70. The molecule has 0 unspecified atom stereocenters. The number of rotatable bonds is 4. The van der Waals surface area contributed by atoms with E-state index in [0.717, 1.165) is 16.1 Å². The molecule has 2 N–H and O–H groups in total. The van der Waals surface area contributed by atoms with Gasteiger partial charge >= 0.3 is 0 Å². The Morgan fingerprint density at radius 2 is 2.06 bits per heavy atom. The number of hydrogen-bond acceptors (Lipinski definition) is 3. The SMILES string of the molecule is Cc1ccc(C(=N)c2cccs2)c(NC(C)C)c1. The fraction of sp³-hybridized carbons (Fsp3) is 0.267. The van der Waals surface area contributed by atoms with Crippen molar-refractivity contribution >= 4 is 22.7 Å². The average Bonchev–Trinajstić information content (AvgIpc) is 2.81. The number of nitrogens with one attached hydrogen (secondary N) is 2. The van der Waals surface area contributed by atoms with Gasteiger partial charge in [0.05, 0.1) is 10.6 Å². The molecule has 0 spiro atoms. The molecular formula is C15H18N2S. The minimum atomic E-state index is 0.363. The maximum atomic E-state index is 8.31. The molecule has 0 amide bonds. The van der Waals surface area contributed by atoms with Gasteiger partial charge in [-0.2, -0.15) is 0 Å². The molecule has 0 fully saturated rings. The number of hydrogen-bond donors (Lipinski definition) is 2. The van der Waals surface area contributed by atoms with E-state index >= 15 is 0 Å². The zero-order valence-electron chi connectivity index (χ0n) is 10.9. The van der Waals surface area contributed by atoms with E-state index in [0.29, 0.717) is 11.8 Å². The third-order valence-electron chi connectivity index (χ3n) is 2.66. The molecule has 2 rings (SSSR count). The summed E-state index contributed by atoms with van der Waals surface area (Å²) in [6.07, 6.45) is 0. The van der Waals surface area contributed by atoms with Crippen molar-refractivity contribution in [3.05, 3.63) is 51.7 Å². The van der Waals surface area contributed by atoms with E-state index in [1.165, 1.54) is 5.56 Å². The molecule has 0 aliphatic rings. The maximum absolute atomic E-state index is 8.31. The van der Waals surface area contributed by atoms with Crippen LogP contribution in [0.4, 0.5) is 5.69 Å². The summed E-state index contributed by atoms with van der Waals surface area (Å²) in [5, 5.41) is 13.7. The van der Waals surface area contributed by atoms with Crippen molar-refractivity contribution in [2.75, 3.05) is 5.32 Å². The fourth-order valence-electron chi connectivity index (χ4n) is 1.86. The van der Waals surface area contributed by atoms with Crippen molar-refractivity contribution in [3.63, 3.8) is 0 Å². The molecule has 1 aromatic carbocycles. The quantitative estimate of drug-likeness (QED) is 0.788. The smallest absolute Gasteiger partial charge is 0.0804 e. The molecule has 1 heterocycles. The van der Waals surface area contributed by atoms with Gasteiger partial charge in [-0.1, -0.05) is 18.2 Å². The Balaban J connectivity index is 2.40. The second kappa shape index (κ2) is 5.36. The average molecular weight is 258 g/mol. The predicted octanol–water partition coefficient (Wildman–Crippen LogP) is 4.29. The summed E-state index contributed by atoms with van der Waals surface area (Å²) in [5.41, 5.74) is 3.81. The third-order valence-corrected chi connectivity index (χ3v) is 3.54. The number of aryl methyl sites for hydroxylation is 1. The van der Waals surface area contributed by atoms with Crippen LogP contribution in [0.1, 0.15) is 29.9 Å². The van der Waals surface area contributed by atoms with E-state index in [-0.39, 0.29) is 0 Å². The highest BCUT2D eigenvalue weighted by molar-refractivity contribution is 7.12. The molecule has 2 nitrogen and oxygen atoms in total. The number of anilines is 1. The zero-order valence-corrected chi connectivity index (χ0v) is 11.8. The molecule has 94 valence electrons. The molecule has 0 atom stereocenters. The molecule has 0 saturated carbocycles. The monoisotopic (exact) mass is 258 g/mol. The van der Waals surface area contributed by atoms with Gasteiger partial charge in [-0.3, -0.25) is 5.41 Å². The van der Waals surface area contributed by atoms with Crippen LogP contribution in [0, 0.1) is 12.3 Å². The Hall–Kier alpha value is -1.61. The lowest BCUT2D eigenvalue weighted by atomic mass is 10.0. The Bertz CT molecular complexity index is 542. The van der Waals surface area contributed by atoms with Crippen LogP contribution >= 0.6 is 11.3 Å². The minimum Gasteiger partial charge on any atom is -0.382 e. The summed E-state index contributed by atoms with van der Waals surface area (Å²) in [4.78, 5) is 1.01. The molecular weight excluding hydrogens is 240 g/mol. The molecule has 2 aromatic rings. The minimum absolute atomic E-state index is 0.363. The standard InChI is InChI=1S/C15H18N2S/c1-10(2)17-13-9-11(3)6-7-12(13)15(16)14-5-4-8-18-14/h4-10,16-17H,1-3H3. The first-order valence-electron chi connectivity index (χ1n) is 6.08. The van der Waals surface area contributed by atoms with Gasteiger partial charge in [-0.25, -0.2) is 0 Å². The van der Waals surface area contributed by atoms with Crippen molar-refractivity contribution in [2.45, 2.75) is 26.8 Å². The molecule has 0 radical (unpaired) electrons. The van der Waals surface area contributed by atoms with Crippen LogP contribution in [-0.4, -0.2) is 11.8 Å². The Morgan fingerprint density at radius 1 is 1.28 bits per heavy atom. The van der Waals surface area contributed by atoms with Gasteiger partial charge in [0, 0.05) is 17.3 Å². The highest BCUT2D eigenvalue weighted by Crippen LogP contribution is 2.23. The van der Waals surface area contributed by atoms with Crippen molar-refractivity contribution in [3.8, 4) is 0 Å². The first-order chi connectivity index (χ1) is 8.58. The Morgan fingerprint density at radius 3 is 2.67 bits per heavy atom. The second-order valence-corrected chi connectivity index (χ2v) is 5.65. The lowest BCUT2D eigenvalue weighted by Crippen LogP contribution is -2.13. The lowest BCUT2D eigenvalue weighted by Gasteiger charge is -2.15. The normalized spacial score (nSPS) is 10.7. The van der Waals surface area contributed by atoms with E-state index < -0.39 is 0 Å². The Kier molecular flexibility index (Phi) is 3.82. The van der Waals surface area contributed by atoms with Crippen LogP contribution in [0.5, 0.6) is 0 Å². The largest absolute Gasteiger partial charge is 0.382 e. The van der Waals surface area contributed by atoms with E-state index in [4.69, 9.17) is 5.41 Å². The van der Waals surface area contributed by atoms with Gasteiger partial charge in [0.15, 0.2) is 0 Å². The molecule has 0 bridgehead atoms. The lowest BCUT2D eigenvalue weighted by molar-refractivity contribution is 0.899. The number of thiophene rings is 1. The molecule has 0 saturated heterocycles. The summed E-state index contributed by atoms with van der Waals surface area (Å²) in [7, 11) is 0. The van der Waals surface area contributed by atoms with Crippen LogP contribution in [0.3, 0.4) is 0 Å². The highest BCUT2D eigenvalue weighted by atomic mass is 32.1. The van der Waals surface area contributed by atoms with Crippen molar-refractivity contribution in [2.24, 2.45) is 0 Å². The fourth-order valence-corrected chi connectivity index (χ4v) is 2.55. The Labute approximate surface area is 112 Å². The van der Waals surface area contributed by atoms with Crippen LogP contribution in [0.15, 0.2) is 35.7 Å². The van der Waals surface area contributed by atoms with E-state index in [9.17, 15) is 0 Å². The molecule has 0 aliphatic carbocycles. The van der Waals surface area contributed by atoms with Gasteiger partial charge in [-0.05, 0) is 43.8 Å². The third kappa shape index (κ3) is 2.79. The summed E-state index contributed by atoms with van der Waals surface area (Å²) < 4.78 is 0. The summed E-state index contributed by atoms with van der Waals surface area (Å²) in [5.74, 6) is 0. The summed E-state index contributed by atoms with van der Waals surface area (Å²) in [6, 6.07) is 10.5. The van der Waals surface area contributed by atoms with Gasteiger partial charge in [0.2, 0.25) is 0 Å². The van der Waals surface area contributed by atoms with Crippen LogP contribution in [0.2, 0.25) is 0 Å². The van der Waals surface area contributed by atoms with Crippen molar-refractivity contribution in [1.82, 2.24) is 0 Å². The van der Waals surface area contributed by atoms with Crippen molar-refractivity contribution in [1.29, 1.82) is 5.41 Å². The van der Waals surface area contributed by atoms with Gasteiger partial charge in [0.25, 0.3) is 0 Å². The van der Waals surface area contributed by atoms with Crippen LogP contribution in [-0.2, 0) is 0 Å². The zero-order chi connectivity index (χ0) is 13.1. The van der Waals surface area contributed by atoms with Gasteiger partial charge in [-0.15, -0.1) is 11.3 Å². The highest BCUT2D eigenvalue weighted by Gasteiger charge is 2.11. The summed E-state index contributed by atoms with van der Waals surface area (Å²) in [6.45, 7) is 6.30. The van der Waals surface area contributed by atoms with E-state index in [2.05, 4.69) is 38.2 Å². The van der Waals surface area contributed by atoms with Crippen LogP contribution < -0.4 is 5.32 Å². The van der Waals surface area contributed by atoms with Crippen LogP contribution in [0.25, 0.3) is 0 Å². The first-order valence-corrected chi connectivity index (χ1v) is 6.96. The van der Waals surface area contributed by atoms with E-state index in [1.807, 2.05) is 23.6 Å². The first kappa shape index (κ1) is 12.8.